The highest BCUT2D eigenvalue weighted by atomic mass is 16.2. The number of rotatable bonds is 2. The van der Waals surface area contributed by atoms with Gasteiger partial charge in [-0.05, 0) is 37.3 Å². The Kier molecular flexibility index (Phi) is 3.83. The van der Waals surface area contributed by atoms with E-state index in [1.54, 1.807) is 0 Å². The zero-order chi connectivity index (χ0) is 14.0. The molecule has 1 aromatic carbocycles. The van der Waals surface area contributed by atoms with Crippen LogP contribution in [-0.2, 0) is 0 Å². The third-order valence-corrected chi connectivity index (χ3v) is 4.55. The summed E-state index contributed by atoms with van der Waals surface area (Å²) in [5.74, 6) is 0.0827. The van der Waals surface area contributed by atoms with Crippen LogP contribution in [-0.4, -0.2) is 23.9 Å². The van der Waals surface area contributed by atoms with Crippen LogP contribution in [0.15, 0.2) is 18.2 Å². The fraction of sp³-hybridized carbons (Fsp3) is 0.562. The normalized spacial score (nSPS) is 18.4. The highest BCUT2D eigenvalue weighted by Crippen LogP contribution is 2.34. The topological polar surface area (TPSA) is 46.3 Å². The first-order valence-corrected chi connectivity index (χ1v) is 7.10. The molecule has 104 valence electrons. The molecule has 0 radical (unpaired) electrons. The third-order valence-electron chi connectivity index (χ3n) is 4.55. The van der Waals surface area contributed by atoms with E-state index in [2.05, 4.69) is 13.8 Å². The van der Waals surface area contributed by atoms with Crippen molar-refractivity contribution < 1.29 is 4.79 Å². The maximum Gasteiger partial charge on any atom is 0.255 e. The number of nitrogen functional groups attached to an aromatic ring is 1. The number of nitrogens with zero attached hydrogens (tertiary/aromatic N) is 1. The molecule has 0 bridgehead atoms. The van der Waals surface area contributed by atoms with E-state index in [0.29, 0.717) is 16.7 Å². The number of carbonyl (C=O) groups excluding carboxylic acids is 1. The van der Waals surface area contributed by atoms with Gasteiger partial charge in [-0.3, -0.25) is 4.79 Å². The van der Waals surface area contributed by atoms with Crippen LogP contribution in [0.1, 0.15) is 49.0 Å². The van der Waals surface area contributed by atoms with E-state index in [1.165, 1.54) is 6.42 Å². The monoisotopic (exact) mass is 260 g/mol. The molecule has 19 heavy (non-hydrogen) atoms. The second kappa shape index (κ2) is 5.24. The van der Waals surface area contributed by atoms with Gasteiger partial charge < -0.3 is 10.6 Å². The van der Waals surface area contributed by atoms with Gasteiger partial charge in [-0.15, -0.1) is 0 Å². The van der Waals surface area contributed by atoms with Crippen LogP contribution in [0.4, 0.5) is 5.69 Å². The second-order valence-electron chi connectivity index (χ2n) is 6.05. The summed E-state index contributed by atoms with van der Waals surface area (Å²) in [6.07, 6.45) is 3.35. The van der Waals surface area contributed by atoms with Crippen molar-refractivity contribution >= 4 is 11.6 Å². The van der Waals surface area contributed by atoms with E-state index in [1.807, 2.05) is 30.0 Å². The minimum absolute atomic E-state index is 0.0827. The first-order valence-electron chi connectivity index (χ1n) is 7.10. The number of amides is 1. The van der Waals surface area contributed by atoms with E-state index in [-0.39, 0.29) is 5.91 Å². The predicted molar refractivity (Wildman–Crippen MR) is 79.1 cm³/mol. The number of nitrogens with two attached hydrogens (primary N) is 1. The molecule has 1 aliphatic heterocycles. The lowest BCUT2D eigenvalue weighted by atomic mass is 9.78. The van der Waals surface area contributed by atoms with Crippen molar-refractivity contribution in [2.45, 2.75) is 40.0 Å². The summed E-state index contributed by atoms with van der Waals surface area (Å²) in [5.41, 5.74) is 8.64. The van der Waals surface area contributed by atoms with Crippen LogP contribution in [0.3, 0.4) is 0 Å². The molecule has 2 rings (SSSR count). The molecule has 1 aliphatic rings. The lowest BCUT2D eigenvalue weighted by Gasteiger charge is -2.39. The van der Waals surface area contributed by atoms with Crippen LogP contribution in [0.5, 0.6) is 0 Å². The van der Waals surface area contributed by atoms with Crippen molar-refractivity contribution in [3.8, 4) is 0 Å². The van der Waals surface area contributed by atoms with Gasteiger partial charge in [0, 0.05) is 18.8 Å². The molecular weight excluding hydrogens is 236 g/mol. The highest BCUT2D eigenvalue weighted by Gasteiger charge is 2.31. The fourth-order valence-electron chi connectivity index (χ4n) is 2.63. The summed E-state index contributed by atoms with van der Waals surface area (Å²) in [5, 5.41) is 0. The van der Waals surface area contributed by atoms with Gasteiger partial charge in [0.25, 0.3) is 5.91 Å². The molecule has 0 aliphatic carbocycles. The van der Waals surface area contributed by atoms with Gasteiger partial charge in [0.2, 0.25) is 0 Å². The van der Waals surface area contributed by atoms with Crippen molar-refractivity contribution in [1.82, 2.24) is 4.90 Å². The van der Waals surface area contributed by atoms with Crippen LogP contribution < -0.4 is 5.73 Å². The average molecular weight is 260 g/mol. The van der Waals surface area contributed by atoms with Crippen LogP contribution in [0.2, 0.25) is 0 Å². The Labute approximate surface area is 115 Å². The molecule has 1 heterocycles. The quantitative estimate of drug-likeness (QED) is 0.830. The minimum Gasteiger partial charge on any atom is -0.398 e. The number of hydrogen-bond donors (Lipinski definition) is 1. The standard InChI is InChI=1S/C16H24N2O/c1-4-16(3)7-9-18(10-8-16)15(19)13-11-12(2)5-6-14(13)17/h5-6,11H,4,7-10,17H2,1-3H3. The van der Waals surface area contributed by atoms with Crippen molar-refractivity contribution in [2.75, 3.05) is 18.8 Å². The zero-order valence-corrected chi connectivity index (χ0v) is 12.2. The van der Waals surface area contributed by atoms with Gasteiger partial charge in [-0.1, -0.05) is 31.9 Å². The summed E-state index contributed by atoms with van der Waals surface area (Å²) in [7, 11) is 0. The first-order chi connectivity index (χ1) is 8.95. The van der Waals surface area contributed by atoms with Crippen molar-refractivity contribution in [3.63, 3.8) is 0 Å². The van der Waals surface area contributed by atoms with Crippen molar-refractivity contribution in [1.29, 1.82) is 0 Å². The molecular formula is C16H24N2O. The summed E-state index contributed by atoms with van der Waals surface area (Å²) in [4.78, 5) is 14.5. The highest BCUT2D eigenvalue weighted by molar-refractivity contribution is 5.99. The molecule has 3 heteroatoms. The summed E-state index contributed by atoms with van der Waals surface area (Å²) in [6.45, 7) is 8.22. The SMILES string of the molecule is CCC1(C)CCN(C(=O)c2cc(C)ccc2N)CC1. The lowest BCUT2D eigenvalue weighted by Crippen LogP contribution is -2.42. The Bertz CT molecular complexity index is 474. The minimum atomic E-state index is 0.0827. The van der Waals surface area contributed by atoms with Gasteiger partial charge in [0.15, 0.2) is 0 Å². The molecule has 0 atom stereocenters. The summed E-state index contributed by atoms with van der Waals surface area (Å²) >= 11 is 0. The van der Waals surface area contributed by atoms with Crippen LogP contribution in [0.25, 0.3) is 0 Å². The predicted octanol–water partition coefficient (Wildman–Crippen LogP) is 3.23. The number of benzene rings is 1. The lowest BCUT2D eigenvalue weighted by molar-refractivity contribution is 0.0601. The molecule has 1 fully saturated rings. The van der Waals surface area contributed by atoms with Gasteiger partial charge in [-0.2, -0.15) is 0 Å². The smallest absolute Gasteiger partial charge is 0.255 e. The molecule has 1 saturated heterocycles. The second-order valence-corrected chi connectivity index (χ2v) is 6.05. The molecule has 0 saturated carbocycles. The van der Waals surface area contributed by atoms with E-state index >= 15 is 0 Å². The van der Waals surface area contributed by atoms with E-state index < -0.39 is 0 Å². The van der Waals surface area contributed by atoms with Gasteiger partial charge >= 0.3 is 0 Å². The van der Waals surface area contributed by atoms with Crippen molar-refractivity contribution in [3.05, 3.63) is 29.3 Å². The largest absolute Gasteiger partial charge is 0.398 e. The van der Waals surface area contributed by atoms with Gasteiger partial charge in [-0.25, -0.2) is 0 Å². The number of piperidine rings is 1. The molecule has 1 amide bonds. The Balaban J connectivity index is 2.11. The zero-order valence-electron chi connectivity index (χ0n) is 12.2. The Hall–Kier alpha value is -1.51. The Morgan fingerprint density at radius 3 is 2.58 bits per heavy atom. The average Bonchev–Trinajstić information content (AvgIpc) is 2.42. The maximum atomic E-state index is 12.5. The van der Waals surface area contributed by atoms with E-state index in [0.717, 1.165) is 31.5 Å². The Morgan fingerprint density at radius 2 is 2.00 bits per heavy atom. The molecule has 3 nitrogen and oxygen atoms in total. The molecule has 1 aromatic rings. The van der Waals surface area contributed by atoms with Gasteiger partial charge in [0.05, 0.1) is 5.56 Å². The van der Waals surface area contributed by atoms with Gasteiger partial charge in [0.1, 0.15) is 0 Å². The Morgan fingerprint density at radius 1 is 1.37 bits per heavy atom. The van der Waals surface area contributed by atoms with E-state index in [9.17, 15) is 4.79 Å². The van der Waals surface area contributed by atoms with Crippen molar-refractivity contribution in [2.24, 2.45) is 5.41 Å². The number of anilines is 1. The summed E-state index contributed by atoms with van der Waals surface area (Å²) in [6, 6.07) is 5.66. The molecule has 0 aromatic heterocycles. The first kappa shape index (κ1) is 13.9. The number of aryl methyl sites for hydroxylation is 1. The fourth-order valence-corrected chi connectivity index (χ4v) is 2.63. The summed E-state index contributed by atoms with van der Waals surface area (Å²) < 4.78 is 0. The third kappa shape index (κ3) is 2.91. The maximum absolute atomic E-state index is 12.5. The molecule has 0 unspecified atom stereocenters. The van der Waals surface area contributed by atoms with Crippen LogP contribution >= 0.6 is 0 Å². The van der Waals surface area contributed by atoms with Crippen LogP contribution in [0, 0.1) is 12.3 Å². The number of likely N-dealkylation sites (tertiary alicyclic amines) is 1. The number of hydrogen-bond acceptors (Lipinski definition) is 2. The number of carbonyl (C=O) groups is 1. The molecule has 2 N–H and O–H groups in total. The molecule has 0 spiro atoms. The van der Waals surface area contributed by atoms with E-state index in [4.69, 9.17) is 5.73 Å².